The van der Waals surface area contributed by atoms with Crippen molar-refractivity contribution in [3.05, 3.63) is 20.8 Å². The van der Waals surface area contributed by atoms with Crippen molar-refractivity contribution in [1.29, 1.82) is 0 Å². The van der Waals surface area contributed by atoms with Crippen LogP contribution < -0.4 is 5.73 Å². The Morgan fingerprint density at radius 3 is 2.92 bits per heavy atom. The average molecular weight is 248 g/mol. The molecule has 1 atom stereocenters. The molecule has 0 radical (unpaired) electrons. The van der Waals surface area contributed by atoms with Crippen molar-refractivity contribution in [2.75, 3.05) is 6.54 Å². The monoisotopic (exact) mass is 247 g/mol. The van der Waals surface area contributed by atoms with Gasteiger partial charge in [-0.25, -0.2) is 0 Å². The first-order valence-electron chi connectivity index (χ1n) is 4.18. The van der Waals surface area contributed by atoms with Gasteiger partial charge < -0.3 is 5.73 Å². The summed E-state index contributed by atoms with van der Waals surface area (Å²) in [6.07, 6.45) is 2.32. The van der Waals surface area contributed by atoms with E-state index in [4.69, 9.17) is 5.73 Å². The van der Waals surface area contributed by atoms with Crippen LogP contribution in [0, 0.1) is 0 Å². The number of hydrogen-bond acceptors (Lipinski definition) is 2. The lowest BCUT2D eigenvalue weighted by Gasteiger charge is -2.06. The van der Waals surface area contributed by atoms with Crippen LogP contribution in [0.5, 0.6) is 0 Å². The number of nitrogens with two attached hydrogens (primary N) is 1. The van der Waals surface area contributed by atoms with Gasteiger partial charge in [0.2, 0.25) is 0 Å². The van der Waals surface area contributed by atoms with Crippen LogP contribution in [0.2, 0.25) is 0 Å². The van der Waals surface area contributed by atoms with Crippen molar-refractivity contribution in [1.82, 2.24) is 0 Å². The molecule has 1 heterocycles. The fourth-order valence-corrected chi connectivity index (χ4v) is 2.69. The van der Waals surface area contributed by atoms with Gasteiger partial charge in [-0.3, -0.25) is 0 Å². The summed E-state index contributed by atoms with van der Waals surface area (Å²) in [5, 5.41) is 2.13. The fourth-order valence-electron chi connectivity index (χ4n) is 1.15. The van der Waals surface area contributed by atoms with Crippen molar-refractivity contribution < 1.29 is 0 Å². The van der Waals surface area contributed by atoms with Crippen LogP contribution in [-0.4, -0.2) is 6.54 Å². The third-order valence-corrected chi connectivity index (χ3v) is 3.84. The highest BCUT2D eigenvalue weighted by Gasteiger charge is 2.06. The first kappa shape index (κ1) is 10.2. The highest BCUT2D eigenvalue weighted by molar-refractivity contribution is 9.10. The molecule has 1 aromatic heterocycles. The summed E-state index contributed by atoms with van der Waals surface area (Å²) in [5.41, 5.74) is 5.45. The van der Waals surface area contributed by atoms with Crippen LogP contribution in [0.3, 0.4) is 0 Å². The Kier molecular flexibility index (Phi) is 4.26. The van der Waals surface area contributed by atoms with Gasteiger partial charge in [0.1, 0.15) is 0 Å². The molecule has 0 saturated carbocycles. The van der Waals surface area contributed by atoms with Crippen molar-refractivity contribution in [3.8, 4) is 0 Å². The predicted molar refractivity (Wildman–Crippen MR) is 58.7 cm³/mol. The molecule has 2 N–H and O–H groups in total. The molecule has 0 spiro atoms. The zero-order chi connectivity index (χ0) is 8.97. The number of halogens is 1. The van der Waals surface area contributed by atoms with Gasteiger partial charge in [0.25, 0.3) is 0 Å². The van der Waals surface area contributed by atoms with Gasteiger partial charge in [-0.1, -0.05) is 6.92 Å². The molecule has 0 saturated heterocycles. The molecule has 0 amide bonds. The summed E-state index contributed by atoms with van der Waals surface area (Å²) in [6.45, 7) is 3.06. The van der Waals surface area contributed by atoms with E-state index in [9.17, 15) is 0 Å². The van der Waals surface area contributed by atoms with Gasteiger partial charge >= 0.3 is 0 Å². The van der Waals surface area contributed by atoms with E-state index in [1.54, 1.807) is 0 Å². The van der Waals surface area contributed by atoms with Crippen molar-refractivity contribution in [2.24, 2.45) is 5.73 Å². The van der Waals surface area contributed by atoms with E-state index in [1.807, 2.05) is 11.3 Å². The van der Waals surface area contributed by atoms with Crippen molar-refractivity contribution in [2.45, 2.75) is 25.7 Å². The quantitative estimate of drug-likeness (QED) is 0.868. The Balaban J connectivity index is 2.47. The van der Waals surface area contributed by atoms with E-state index in [0.29, 0.717) is 5.92 Å². The Morgan fingerprint density at radius 2 is 2.42 bits per heavy atom. The van der Waals surface area contributed by atoms with Crippen LogP contribution >= 0.6 is 27.3 Å². The standard InChI is InChI=1S/C9H14BrNS/c1-7(3-2-4-11)9-5-8(10)6-12-9/h5-7H,2-4,11H2,1H3. The van der Waals surface area contributed by atoms with E-state index in [-0.39, 0.29) is 0 Å². The fraction of sp³-hybridized carbons (Fsp3) is 0.556. The molecule has 0 aliphatic carbocycles. The number of rotatable bonds is 4. The van der Waals surface area contributed by atoms with Gasteiger partial charge in [0.05, 0.1) is 0 Å². The SMILES string of the molecule is CC(CCCN)c1cc(Br)cs1. The maximum absolute atomic E-state index is 5.45. The number of thiophene rings is 1. The molecule has 0 bridgehead atoms. The van der Waals surface area contributed by atoms with Crippen LogP contribution in [0.25, 0.3) is 0 Å². The molecule has 3 heteroatoms. The van der Waals surface area contributed by atoms with Gasteiger partial charge in [0, 0.05) is 14.7 Å². The lowest BCUT2D eigenvalue weighted by Crippen LogP contribution is -2.00. The minimum absolute atomic E-state index is 0.657. The molecule has 0 aliphatic rings. The van der Waals surface area contributed by atoms with Gasteiger partial charge in [-0.05, 0) is 47.3 Å². The molecular weight excluding hydrogens is 234 g/mol. The molecular formula is C9H14BrNS. The average Bonchev–Trinajstić information content (AvgIpc) is 2.47. The van der Waals surface area contributed by atoms with Gasteiger partial charge in [-0.2, -0.15) is 0 Å². The molecule has 0 aromatic carbocycles. The zero-order valence-electron chi connectivity index (χ0n) is 7.22. The Hall–Kier alpha value is 0.140. The van der Waals surface area contributed by atoms with Crippen LogP contribution in [0.4, 0.5) is 0 Å². The minimum atomic E-state index is 0.657. The van der Waals surface area contributed by atoms with E-state index >= 15 is 0 Å². The molecule has 1 aromatic rings. The second-order valence-corrected chi connectivity index (χ2v) is 4.86. The summed E-state index contributed by atoms with van der Waals surface area (Å²) in [7, 11) is 0. The van der Waals surface area contributed by atoms with Crippen LogP contribution in [0.1, 0.15) is 30.6 Å². The normalized spacial score (nSPS) is 13.2. The summed E-state index contributed by atoms with van der Waals surface area (Å²) < 4.78 is 1.20. The Labute approximate surface area is 86.1 Å². The van der Waals surface area contributed by atoms with Gasteiger partial charge in [-0.15, -0.1) is 11.3 Å². The first-order chi connectivity index (χ1) is 5.74. The van der Waals surface area contributed by atoms with Crippen molar-refractivity contribution in [3.63, 3.8) is 0 Å². The molecule has 0 aliphatic heterocycles. The minimum Gasteiger partial charge on any atom is -0.330 e. The lowest BCUT2D eigenvalue weighted by atomic mass is 10.0. The first-order valence-corrected chi connectivity index (χ1v) is 5.85. The van der Waals surface area contributed by atoms with Crippen LogP contribution in [-0.2, 0) is 0 Å². The van der Waals surface area contributed by atoms with E-state index in [1.165, 1.54) is 15.8 Å². The Morgan fingerprint density at radius 1 is 1.67 bits per heavy atom. The second-order valence-electron chi connectivity index (χ2n) is 3.00. The maximum atomic E-state index is 5.45. The summed E-state index contributed by atoms with van der Waals surface area (Å²) in [5.74, 6) is 0.657. The molecule has 1 nitrogen and oxygen atoms in total. The van der Waals surface area contributed by atoms with Crippen LogP contribution in [0.15, 0.2) is 15.9 Å². The summed E-state index contributed by atoms with van der Waals surface area (Å²) >= 11 is 5.27. The molecule has 1 unspecified atom stereocenters. The summed E-state index contributed by atoms with van der Waals surface area (Å²) in [6, 6.07) is 2.20. The highest BCUT2D eigenvalue weighted by Crippen LogP contribution is 2.29. The summed E-state index contributed by atoms with van der Waals surface area (Å²) in [4.78, 5) is 1.45. The molecule has 68 valence electrons. The Bertz CT molecular complexity index is 234. The highest BCUT2D eigenvalue weighted by atomic mass is 79.9. The largest absolute Gasteiger partial charge is 0.330 e. The smallest absolute Gasteiger partial charge is 0.0285 e. The molecule has 0 fully saturated rings. The zero-order valence-corrected chi connectivity index (χ0v) is 9.62. The third-order valence-electron chi connectivity index (χ3n) is 1.91. The maximum Gasteiger partial charge on any atom is 0.0285 e. The third kappa shape index (κ3) is 2.88. The lowest BCUT2D eigenvalue weighted by molar-refractivity contribution is 0.649. The molecule has 1 rings (SSSR count). The molecule has 12 heavy (non-hydrogen) atoms. The number of hydrogen-bond donors (Lipinski definition) is 1. The van der Waals surface area contributed by atoms with E-state index < -0.39 is 0 Å². The van der Waals surface area contributed by atoms with E-state index in [2.05, 4.69) is 34.3 Å². The predicted octanol–water partition coefficient (Wildman–Crippen LogP) is 3.35. The van der Waals surface area contributed by atoms with Crippen molar-refractivity contribution >= 4 is 27.3 Å². The van der Waals surface area contributed by atoms with Gasteiger partial charge in [0.15, 0.2) is 0 Å². The van der Waals surface area contributed by atoms with E-state index in [0.717, 1.165) is 13.0 Å². The second kappa shape index (κ2) is 5.00. The topological polar surface area (TPSA) is 26.0 Å².